The van der Waals surface area contributed by atoms with E-state index < -0.39 is 5.97 Å². The molecule has 136 valence electrons. The average molecular weight is 354 g/mol. The number of hydrogen-bond donors (Lipinski definition) is 2. The van der Waals surface area contributed by atoms with Gasteiger partial charge < -0.3 is 19.6 Å². The van der Waals surface area contributed by atoms with Crippen LogP contribution in [0.3, 0.4) is 0 Å². The van der Waals surface area contributed by atoms with Gasteiger partial charge in [0, 0.05) is 28.1 Å². The highest BCUT2D eigenvalue weighted by Crippen LogP contribution is 2.29. The number of benzene rings is 1. The lowest BCUT2D eigenvalue weighted by Crippen LogP contribution is -2.37. The Morgan fingerprint density at radius 3 is 2.73 bits per heavy atom. The number of aromatic amines is 1. The predicted molar refractivity (Wildman–Crippen MR) is 98.4 cm³/mol. The first-order valence-corrected chi connectivity index (χ1v) is 8.80. The quantitative estimate of drug-likeness (QED) is 0.745. The molecule has 0 aliphatic carbocycles. The molecule has 3 aromatic rings. The second-order valence-electron chi connectivity index (χ2n) is 7.61. The average Bonchev–Trinajstić information content (AvgIpc) is 2.99. The van der Waals surface area contributed by atoms with Crippen LogP contribution in [0.15, 0.2) is 30.3 Å². The minimum Gasteiger partial charge on any atom is -0.477 e. The van der Waals surface area contributed by atoms with Crippen LogP contribution in [0.2, 0.25) is 0 Å². The molecule has 0 atom stereocenters. The Kier molecular flexibility index (Phi) is 4.17. The number of fused-ring (bicyclic) bond motifs is 3. The summed E-state index contributed by atoms with van der Waals surface area (Å²) in [5, 5.41) is 11.3. The van der Waals surface area contributed by atoms with Gasteiger partial charge in [-0.25, -0.2) is 9.78 Å². The maximum Gasteiger partial charge on any atom is 0.354 e. The summed E-state index contributed by atoms with van der Waals surface area (Å²) >= 11 is 0. The summed E-state index contributed by atoms with van der Waals surface area (Å²) in [5.74, 6) is -1.02. The zero-order chi connectivity index (χ0) is 18.3. The van der Waals surface area contributed by atoms with Gasteiger partial charge in [-0.15, -0.1) is 0 Å². The number of carboxylic acids is 1. The predicted octanol–water partition coefficient (Wildman–Crippen LogP) is 3.75. The summed E-state index contributed by atoms with van der Waals surface area (Å²) < 4.78 is 11.6. The molecule has 6 nitrogen and oxygen atoms in total. The topological polar surface area (TPSA) is 84.4 Å². The van der Waals surface area contributed by atoms with Crippen molar-refractivity contribution in [3.05, 3.63) is 41.7 Å². The van der Waals surface area contributed by atoms with E-state index in [1.54, 1.807) is 6.07 Å². The molecule has 2 aromatic heterocycles. The van der Waals surface area contributed by atoms with Crippen molar-refractivity contribution in [2.45, 2.75) is 33.0 Å². The molecule has 1 aliphatic heterocycles. The van der Waals surface area contributed by atoms with Gasteiger partial charge in [-0.1, -0.05) is 32.0 Å². The number of nitrogens with zero attached hydrogens (tertiary/aromatic N) is 1. The van der Waals surface area contributed by atoms with E-state index >= 15 is 0 Å². The SMILES string of the molecule is CC1(C)COC(CCc2nc(C(=O)O)cc3c2[nH]c2ccccc23)OC1. The van der Waals surface area contributed by atoms with Crippen molar-refractivity contribution in [3.8, 4) is 0 Å². The Hall–Kier alpha value is -2.44. The van der Waals surface area contributed by atoms with Crippen LogP contribution in [0.25, 0.3) is 21.8 Å². The van der Waals surface area contributed by atoms with Crippen LogP contribution in [0.5, 0.6) is 0 Å². The Morgan fingerprint density at radius 1 is 1.27 bits per heavy atom. The van der Waals surface area contributed by atoms with Gasteiger partial charge in [-0.2, -0.15) is 0 Å². The summed E-state index contributed by atoms with van der Waals surface area (Å²) in [6.45, 7) is 5.52. The smallest absolute Gasteiger partial charge is 0.354 e. The Balaban J connectivity index is 1.66. The standard InChI is InChI=1S/C20H22N2O4/c1-20(2)10-25-17(26-11-20)8-7-15-18-13(9-16(21-15)19(23)24)12-5-3-4-6-14(12)22-18/h3-6,9,17,22H,7-8,10-11H2,1-2H3,(H,23,24). The number of aromatic nitrogens is 2. The third-order valence-electron chi connectivity index (χ3n) is 4.73. The van der Waals surface area contributed by atoms with Gasteiger partial charge in [0.2, 0.25) is 0 Å². The molecular formula is C20H22N2O4. The molecule has 0 bridgehead atoms. The lowest BCUT2D eigenvalue weighted by molar-refractivity contribution is -0.223. The Bertz CT molecular complexity index is 967. The fourth-order valence-electron chi connectivity index (χ4n) is 3.35. The van der Waals surface area contributed by atoms with Gasteiger partial charge in [0.1, 0.15) is 5.69 Å². The number of carbonyl (C=O) groups is 1. The van der Waals surface area contributed by atoms with Crippen molar-refractivity contribution in [2.24, 2.45) is 5.41 Å². The van der Waals surface area contributed by atoms with Gasteiger partial charge >= 0.3 is 5.97 Å². The number of rotatable bonds is 4. The van der Waals surface area contributed by atoms with Gasteiger partial charge in [-0.3, -0.25) is 0 Å². The van der Waals surface area contributed by atoms with Gasteiger partial charge in [0.25, 0.3) is 0 Å². The molecule has 1 saturated heterocycles. The van der Waals surface area contributed by atoms with Crippen LogP contribution in [-0.2, 0) is 15.9 Å². The first-order chi connectivity index (χ1) is 12.4. The second kappa shape index (κ2) is 6.37. The summed E-state index contributed by atoms with van der Waals surface area (Å²) in [4.78, 5) is 19.3. The van der Waals surface area contributed by atoms with E-state index in [9.17, 15) is 9.90 Å². The van der Waals surface area contributed by atoms with E-state index in [1.165, 1.54) is 0 Å². The number of ether oxygens (including phenoxy) is 2. The molecule has 1 aliphatic rings. The van der Waals surface area contributed by atoms with Crippen molar-refractivity contribution >= 4 is 27.8 Å². The fourth-order valence-corrected chi connectivity index (χ4v) is 3.35. The Morgan fingerprint density at radius 2 is 2.00 bits per heavy atom. The van der Waals surface area contributed by atoms with Crippen LogP contribution in [0, 0.1) is 5.41 Å². The molecule has 4 rings (SSSR count). The lowest BCUT2D eigenvalue weighted by Gasteiger charge is -2.34. The highest BCUT2D eigenvalue weighted by molar-refractivity contribution is 6.09. The molecule has 1 aromatic carbocycles. The molecule has 2 N–H and O–H groups in total. The third kappa shape index (κ3) is 3.18. The molecular weight excluding hydrogens is 332 g/mol. The third-order valence-corrected chi connectivity index (χ3v) is 4.73. The largest absolute Gasteiger partial charge is 0.477 e. The summed E-state index contributed by atoms with van der Waals surface area (Å²) in [7, 11) is 0. The summed E-state index contributed by atoms with van der Waals surface area (Å²) in [6, 6.07) is 9.50. The van der Waals surface area contributed by atoms with E-state index in [1.807, 2.05) is 24.3 Å². The van der Waals surface area contributed by atoms with Gasteiger partial charge in [0.05, 0.1) is 24.4 Å². The number of hydrogen-bond acceptors (Lipinski definition) is 4. The lowest BCUT2D eigenvalue weighted by atomic mass is 9.95. The van der Waals surface area contributed by atoms with Crippen molar-refractivity contribution in [1.29, 1.82) is 0 Å². The van der Waals surface area contributed by atoms with Gasteiger partial charge in [0.15, 0.2) is 6.29 Å². The zero-order valence-electron chi connectivity index (χ0n) is 14.9. The van der Waals surface area contributed by atoms with Crippen molar-refractivity contribution in [3.63, 3.8) is 0 Å². The molecule has 3 heterocycles. The van der Waals surface area contributed by atoms with Crippen molar-refractivity contribution in [1.82, 2.24) is 9.97 Å². The molecule has 26 heavy (non-hydrogen) atoms. The monoisotopic (exact) mass is 354 g/mol. The molecule has 0 saturated carbocycles. The number of para-hydroxylation sites is 1. The van der Waals surface area contributed by atoms with E-state index in [0.29, 0.717) is 26.1 Å². The van der Waals surface area contributed by atoms with Gasteiger partial charge in [-0.05, 0) is 18.6 Å². The second-order valence-corrected chi connectivity index (χ2v) is 7.61. The van der Waals surface area contributed by atoms with Crippen LogP contribution >= 0.6 is 0 Å². The number of H-pyrrole nitrogens is 1. The molecule has 0 radical (unpaired) electrons. The fraction of sp³-hybridized carbons (Fsp3) is 0.400. The Labute approximate surface area is 151 Å². The highest BCUT2D eigenvalue weighted by Gasteiger charge is 2.28. The van der Waals surface area contributed by atoms with Crippen LogP contribution in [0.1, 0.15) is 36.5 Å². The number of nitrogens with one attached hydrogen (secondary N) is 1. The first-order valence-electron chi connectivity index (χ1n) is 8.80. The molecule has 0 amide bonds. The number of carboxylic acid groups (broad SMARTS) is 1. The van der Waals surface area contributed by atoms with Crippen LogP contribution in [-0.4, -0.2) is 40.5 Å². The summed E-state index contributed by atoms with van der Waals surface area (Å²) in [6.07, 6.45) is 0.935. The zero-order valence-corrected chi connectivity index (χ0v) is 14.9. The number of aryl methyl sites for hydroxylation is 1. The van der Waals surface area contributed by atoms with E-state index in [0.717, 1.165) is 27.5 Å². The maximum atomic E-state index is 11.5. The minimum absolute atomic E-state index is 0.0302. The van der Waals surface area contributed by atoms with Crippen molar-refractivity contribution < 1.29 is 19.4 Å². The first kappa shape index (κ1) is 17.0. The molecule has 1 fully saturated rings. The van der Waals surface area contributed by atoms with E-state index in [4.69, 9.17) is 9.47 Å². The molecule has 6 heteroatoms. The van der Waals surface area contributed by atoms with E-state index in [-0.39, 0.29) is 17.4 Å². The highest BCUT2D eigenvalue weighted by atomic mass is 16.7. The van der Waals surface area contributed by atoms with E-state index in [2.05, 4.69) is 23.8 Å². The van der Waals surface area contributed by atoms with Crippen molar-refractivity contribution in [2.75, 3.05) is 13.2 Å². The number of aromatic carboxylic acids is 1. The minimum atomic E-state index is -1.02. The molecule has 0 spiro atoms. The molecule has 0 unspecified atom stereocenters. The summed E-state index contributed by atoms with van der Waals surface area (Å²) in [5.41, 5.74) is 2.67. The number of pyridine rings is 1. The van der Waals surface area contributed by atoms with Crippen LogP contribution in [0.4, 0.5) is 0 Å². The van der Waals surface area contributed by atoms with Crippen LogP contribution < -0.4 is 0 Å². The maximum absolute atomic E-state index is 11.5. The normalized spacial score (nSPS) is 17.8.